The van der Waals surface area contributed by atoms with E-state index in [9.17, 15) is 18.7 Å². The molecule has 1 amide bonds. The van der Waals surface area contributed by atoms with Crippen molar-refractivity contribution in [3.05, 3.63) is 53.9 Å². The number of hydrogen-bond donors (Lipinski definition) is 2. The standard InChI is InChI=1S/C25H35F2N5O2/c1-19(10-9-13-20-11-5-4-6-12-20)22(33)16-15-21-18-25(26,27)24(34)32(21)17-8-3-2-7-14-23-28-30-31-29-23/h4-6,11-12,15-16,19,21-22,33H,2-3,7-10,13-14,17-18H2,1H3,(H,28,29,30,31)/t19-,21-,22-/m0/s1. The Morgan fingerprint density at radius 2 is 1.94 bits per heavy atom. The van der Waals surface area contributed by atoms with Gasteiger partial charge in [0.15, 0.2) is 5.82 Å². The van der Waals surface area contributed by atoms with E-state index in [0.29, 0.717) is 18.7 Å². The smallest absolute Gasteiger partial charge is 0.327 e. The number of hydrogen-bond acceptors (Lipinski definition) is 5. The summed E-state index contributed by atoms with van der Waals surface area (Å²) in [6, 6.07) is 9.49. The Bertz CT molecular complexity index is 892. The van der Waals surface area contributed by atoms with Gasteiger partial charge in [-0.15, -0.1) is 10.2 Å². The van der Waals surface area contributed by atoms with Crippen LogP contribution in [0.1, 0.15) is 63.3 Å². The number of nitrogens with one attached hydrogen (secondary N) is 1. The van der Waals surface area contributed by atoms with Gasteiger partial charge in [0.25, 0.3) is 5.91 Å². The third kappa shape index (κ3) is 7.68. The summed E-state index contributed by atoms with van der Waals surface area (Å²) in [5.74, 6) is -3.79. The molecule has 2 heterocycles. The number of unbranched alkanes of at least 4 members (excludes halogenated alkanes) is 3. The number of aromatic nitrogens is 4. The Morgan fingerprint density at radius 1 is 1.18 bits per heavy atom. The summed E-state index contributed by atoms with van der Waals surface area (Å²) < 4.78 is 28.3. The lowest BCUT2D eigenvalue weighted by Crippen LogP contribution is -2.36. The van der Waals surface area contributed by atoms with Crippen LogP contribution in [0.5, 0.6) is 0 Å². The van der Waals surface area contributed by atoms with Crippen LogP contribution in [0, 0.1) is 5.92 Å². The highest BCUT2D eigenvalue weighted by molar-refractivity contribution is 5.86. The molecule has 2 N–H and O–H groups in total. The van der Waals surface area contributed by atoms with Crippen LogP contribution in [0.25, 0.3) is 0 Å². The Labute approximate surface area is 199 Å². The van der Waals surface area contributed by atoms with Crippen LogP contribution < -0.4 is 0 Å². The molecule has 0 radical (unpaired) electrons. The van der Waals surface area contributed by atoms with Gasteiger partial charge in [-0.2, -0.15) is 14.0 Å². The molecule has 9 heteroatoms. The maximum Gasteiger partial charge on any atom is 0.327 e. The second-order valence-electron chi connectivity index (χ2n) is 9.20. The van der Waals surface area contributed by atoms with Crippen molar-refractivity contribution in [1.82, 2.24) is 25.5 Å². The van der Waals surface area contributed by atoms with Crippen molar-refractivity contribution in [2.24, 2.45) is 5.92 Å². The SMILES string of the molecule is C[C@@H](CCCc1ccccc1)[C@@H](O)C=C[C@H]1CC(F)(F)C(=O)N1CCCCCCc1nn[nH]n1. The number of tetrazole rings is 1. The lowest BCUT2D eigenvalue weighted by molar-refractivity contribution is -0.148. The summed E-state index contributed by atoms with van der Waals surface area (Å²) in [5, 5.41) is 24.2. The number of carbonyl (C=O) groups excluding carboxylic acids is 1. The van der Waals surface area contributed by atoms with Crippen molar-refractivity contribution in [2.75, 3.05) is 6.54 Å². The van der Waals surface area contributed by atoms with Crippen LogP contribution >= 0.6 is 0 Å². The van der Waals surface area contributed by atoms with Crippen molar-refractivity contribution >= 4 is 5.91 Å². The number of rotatable bonds is 14. The lowest BCUT2D eigenvalue weighted by atomic mass is 9.95. The minimum absolute atomic E-state index is 0.00485. The monoisotopic (exact) mass is 475 g/mol. The van der Waals surface area contributed by atoms with Crippen molar-refractivity contribution in [2.45, 2.75) is 82.8 Å². The number of nitrogens with zero attached hydrogens (tertiary/aromatic N) is 4. The van der Waals surface area contributed by atoms with E-state index in [1.54, 1.807) is 12.2 Å². The van der Waals surface area contributed by atoms with E-state index < -0.39 is 30.4 Å². The number of likely N-dealkylation sites (tertiary alicyclic amines) is 1. The van der Waals surface area contributed by atoms with Gasteiger partial charge in [0.05, 0.1) is 12.1 Å². The highest BCUT2D eigenvalue weighted by Gasteiger charge is 2.52. The number of aromatic amines is 1. The Kier molecular flexibility index (Phi) is 9.68. The van der Waals surface area contributed by atoms with Crippen LogP contribution in [-0.2, 0) is 17.6 Å². The van der Waals surface area contributed by atoms with Gasteiger partial charge in [-0.3, -0.25) is 4.79 Å². The van der Waals surface area contributed by atoms with Gasteiger partial charge in [0.2, 0.25) is 0 Å². The van der Waals surface area contributed by atoms with E-state index in [1.807, 2.05) is 25.1 Å². The number of halogens is 2. The molecule has 0 spiro atoms. The highest BCUT2D eigenvalue weighted by atomic mass is 19.3. The average molecular weight is 476 g/mol. The fourth-order valence-corrected chi connectivity index (χ4v) is 4.34. The third-order valence-electron chi connectivity index (χ3n) is 6.46. The molecule has 0 bridgehead atoms. The number of benzene rings is 1. The molecular formula is C25H35F2N5O2. The van der Waals surface area contributed by atoms with Crippen LogP contribution in [0.2, 0.25) is 0 Å². The van der Waals surface area contributed by atoms with E-state index in [0.717, 1.165) is 38.5 Å². The third-order valence-corrected chi connectivity index (χ3v) is 6.46. The topological polar surface area (TPSA) is 95.0 Å². The predicted octanol–water partition coefficient (Wildman–Crippen LogP) is 4.11. The van der Waals surface area contributed by atoms with Crippen molar-refractivity contribution in [1.29, 1.82) is 0 Å². The number of H-pyrrole nitrogens is 1. The van der Waals surface area contributed by atoms with Gasteiger partial charge in [0, 0.05) is 19.4 Å². The Hall–Kier alpha value is -2.68. The molecule has 0 aliphatic carbocycles. The van der Waals surface area contributed by atoms with Crippen LogP contribution in [0.4, 0.5) is 8.78 Å². The van der Waals surface area contributed by atoms with Gasteiger partial charge >= 0.3 is 5.92 Å². The number of aryl methyl sites for hydroxylation is 2. The molecule has 1 aliphatic heterocycles. The van der Waals surface area contributed by atoms with Crippen molar-refractivity contribution in [3.63, 3.8) is 0 Å². The van der Waals surface area contributed by atoms with Crippen molar-refractivity contribution < 1.29 is 18.7 Å². The number of alkyl halides is 2. The van der Waals surface area contributed by atoms with Gasteiger partial charge in [-0.1, -0.05) is 67.5 Å². The zero-order valence-electron chi connectivity index (χ0n) is 19.7. The summed E-state index contributed by atoms with van der Waals surface area (Å²) in [7, 11) is 0. The highest BCUT2D eigenvalue weighted by Crippen LogP contribution is 2.34. The Morgan fingerprint density at radius 3 is 2.68 bits per heavy atom. The molecule has 3 atom stereocenters. The molecule has 1 aromatic heterocycles. The maximum atomic E-state index is 14.1. The van der Waals surface area contributed by atoms with Gasteiger partial charge in [-0.25, -0.2) is 0 Å². The molecule has 1 aromatic carbocycles. The summed E-state index contributed by atoms with van der Waals surface area (Å²) in [4.78, 5) is 13.5. The maximum absolute atomic E-state index is 14.1. The molecule has 1 fully saturated rings. The van der Waals surface area contributed by atoms with Gasteiger partial charge < -0.3 is 10.0 Å². The van der Waals surface area contributed by atoms with Crippen LogP contribution in [0.3, 0.4) is 0 Å². The molecule has 34 heavy (non-hydrogen) atoms. The number of amides is 1. The molecule has 1 saturated heterocycles. The fraction of sp³-hybridized carbons (Fsp3) is 0.600. The molecular weight excluding hydrogens is 440 g/mol. The van der Waals surface area contributed by atoms with E-state index in [1.165, 1.54) is 10.5 Å². The molecule has 0 saturated carbocycles. The molecule has 0 unspecified atom stereocenters. The normalized spacial score (nSPS) is 19.7. The second-order valence-corrected chi connectivity index (χ2v) is 9.20. The van der Waals surface area contributed by atoms with Crippen molar-refractivity contribution in [3.8, 4) is 0 Å². The first-order valence-corrected chi connectivity index (χ1v) is 12.2. The second kappa shape index (κ2) is 12.7. The fourth-order valence-electron chi connectivity index (χ4n) is 4.34. The summed E-state index contributed by atoms with van der Waals surface area (Å²) in [6.07, 6.45) is 8.58. The van der Waals surface area contributed by atoms with E-state index in [4.69, 9.17) is 0 Å². The zero-order chi connectivity index (χ0) is 24.4. The van der Waals surface area contributed by atoms with Gasteiger partial charge in [-0.05, 0) is 43.6 Å². The van der Waals surface area contributed by atoms with Crippen LogP contribution in [0.15, 0.2) is 42.5 Å². The number of carbonyl (C=O) groups is 1. The largest absolute Gasteiger partial charge is 0.389 e. The van der Waals surface area contributed by atoms with Crippen LogP contribution in [-0.4, -0.2) is 61.2 Å². The number of aliphatic hydroxyl groups is 1. The molecule has 3 rings (SSSR count). The molecule has 186 valence electrons. The predicted molar refractivity (Wildman–Crippen MR) is 125 cm³/mol. The minimum atomic E-state index is -3.35. The first-order valence-electron chi connectivity index (χ1n) is 12.2. The Balaban J connectivity index is 1.42. The molecule has 7 nitrogen and oxygen atoms in total. The summed E-state index contributed by atoms with van der Waals surface area (Å²) in [5.41, 5.74) is 1.26. The van der Waals surface area contributed by atoms with E-state index >= 15 is 0 Å². The minimum Gasteiger partial charge on any atom is -0.389 e. The molecule has 2 aromatic rings. The van der Waals surface area contributed by atoms with E-state index in [-0.39, 0.29) is 12.5 Å². The first-order chi connectivity index (χ1) is 16.4. The number of aliphatic hydroxyl groups excluding tert-OH is 1. The average Bonchev–Trinajstić information content (AvgIpc) is 3.42. The summed E-state index contributed by atoms with van der Waals surface area (Å²) in [6.45, 7) is 2.25. The lowest BCUT2D eigenvalue weighted by Gasteiger charge is -2.22. The first kappa shape index (κ1) is 25.9. The zero-order valence-corrected chi connectivity index (χ0v) is 19.7. The van der Waals surface area contributed by atoms with E-state index in [2.05, 4.69) is 32.8 Å². The molecule has 1 aliphatic rings. The quantitative estimate of drug-likeness (QED) is 0.317. The summed E-state index contributed by atoms with van der Waals surface area (Å²) >= 11 is 0. The van der Waals surface area contributed by atoms with Gasteiger partial charge in [0.1, 0.15) is 0 Å².